The van der Waals surface area contributed by atoms with Gasteiger partial charge in [-0.05, 0) is 12.3 Å². The Balaban J connectivity index is 4.97. The molecule has 0 aliphatic carbocycles. The minimum atomic E-state index is -5.66. The first-order chi connectivity index (χ1) is 7.91. The van der Waals surface area contributed by atoms with Gasteiger partial charge in [0.15, 0.2) is 0 Å². The molecule has 108 valence electrons. The molecule has 0 aromatic rings. The number of carbonyl (C=O) groups is 1. The normalized spacial score (nSPS) is 15.1. The first-order valence-electron chi connectivity index (χ1n) is 5.25. The maximum absolute atomic E-state index is 12.1. The molecule has 1 unspecified atom stereocenters. The number of carbonyl (C=O) groups excluding carboxylic acids is 1. The van der Waals surface area contributed by atoms with Crippen molar-refractivity contribution in [3.05, 3.63) is 0 Å². The van der Waals surface area contributed by atoms with Crippen LogP contribution in [0.1, 0.15) is 27.2 Å². The largest absolute Gasteiger partial charge is 0.443 e. The van der Waals surface area contributed by atoms with Crippen molar-refractivity contribution >= 4 is 5.97 Å². The summed E-state index contributed by atoms with van der Waals surface area (Å²) in [4.78, 5) is 11.3. The maximum atomic E-state index is 12.1. The predicted molar refractivity (Wildman–Crippen MR) is 50.6 cm³/mol. The maximum Gasteiger partial charge on any atom is 0.434 e. The monoisotopic (exact) mass is 280 g/mol. The Bertz CT molecular complexity index is 267. The Morgan fingerprint density at radius 3 is 1.67 bits per heavy atom. The van der Waals surface area contributed by atoms with Crippen LogP contribution in [0, 0.1) is 11.8 Å². The van der Waals surface area contributed by atoms with Gasteiger partial charge in [-0.2, -0.15) is 26.3 Å². The summed E-state index contributed by atoms with van der Waals surface area (Å²) in [5, 5.41) is 0. The third kappa shape index (κ3) is 4.73. The van der Waals surface area contributed by atoms with Crippen LogP contribution < -0.4 is 0 Å². The third-order valence-corrected chi connectivity index (χ3v) is 2.38. The van der Waals surface area contributed by atoms with Crippen LogP contribution >= 0.6 is 0 Å². The molecule has 0 radical (unpaired) electrons. The lowest BCUT2D eigenvalue weighted by Crippen LogP contribution is -2.46. The van der Waals surface area contributed by atoms with E-state index in [1.54, 1.807) is 0 Å². The van der Waals surface area contributed by atoms with Crippen LogP contribution in [0.3, 0.4) is 0 Å². The Hall–Kier alpha value is -0.950. The molecule has 0 spiro atoms. The highest BCUT2D eigenvalue weighted by molar-refractivity contribution is 5.73. The van der Waals surface area contributed by atoms with Gasteiger partial charge in [0, 0.05) is 0 Å². The van der Waals surface area contributed by atoms with Gasteiger partial charge in [-0.3, -0.25) is 4.79 Å². The fourth-order valence-corrected chi connectivity index (χ4v) is 1.43. The summed E-state index contributed by atoms with van der Waals surface area (Å²) in [5.74, 6) is -2.87. The minimum Gasteiger partial charge on any atom is -0.443 e. The Labute approximate surface area is 100 Å². The van der Waals surface area contributed by atoms with Crippen molar-refractivity contribution in [1.29, 1.82) is 0 Å². The van der Waals surface area contributed by atoms with Gasteiger partial charge in [-0.15, -0.1) is 0 Å². The SMILES string of the molecule is CCC(C(=O)OC(C(F)(F)F)C(F)(F)F)C(C)C. The van der Waals surface area contributed by atoms with Crippen molar-refractivity contribution in [3.8, 4) is 0 Å². The van der Waals surface area contributed by atoms with Crippen molar-refractivity contribution in [3.63, 3.8) is 0 Å². The molecule has 0 saturated heterocycles. The van der Waals surface area contributed by atoms with E-state index in [-0.39, 0.29) is 6.42 Å². The Morgan fingerprint density at radius 2 is 1.44 bits per heavy atom. The molecule has 1 atom stereocenters. The van der Waals surface area contributed by atoms with Crippen LogP contribution in [0.15, 0.2) is 0 Å². The van der Waals surface area contributed by atoms with Crippen molar-refractivity contribution in [2.24, 2.45) is 11.8 Å². The number of alkyl halides is 6. The lowest BCUT2D eigenvalue weighted by atomic mass is 9.93. The topological polar surface area (TPSA) is 26.3 Å². The molecule has 0 N–H and O–H groups in total. The summed E-state index contributed by atoms with van der Waals surface area (Å²) in [6.45, 7) is 4.53. The fourth-order valence-electron chi connectivity index (χ4n) is 1.43. The molecule has 18 heavy (non-hydrogen) atoms. The summed E-state index contributed by atoms with van der Waals surface area (Å²) >= 11 is 0. The van der Waals surface area contributed by atoms with Gasteiger partial charge in [0.1, 0.15) is 0 Å². The summed E-state index contributed by atoms with van der Waals surface area (Å²) in [6.07, 6.45) is -15.3. The quantitative estimate of drug-likeness (QED) is 0.579. The molecule has 0 aromatic heterocycles. The second-order valence-electron chi connectivity index (χ2n) is 4.16. The zero-order valence-corrected chi connectivity index (χ0v) is 10.0. The molecule has 0 amide bonds. The number of rotatable bonds is 4. The highest BCUT2D eigenvalue weighted by Crippen LogP contribution is 2.36. The van der Waals surface area contributed by atoms with Crippen LogP contribution in [-0.4, -0.2) is 24.4 Å². The molecular formula is C10H14F6O2. The van der Waals surface area contributed by atoms with Gasteiger partial charge < -0.3 is 4.74 Å². The average Bonchev–Trinajstić information content (AvgIpc) is 2.10. The van der Waals surface area contributed by atoms with Crippen LogP contribution in [0.5, 0.6) is 0 Å². The van der Waals surface area contributed by atoms with E-state index in [9.17, 15) is 31.1 Å². The van der Waals surface area contributed by atoms with E-state index in [4.69, 9.17) is 0 Å². The summed E-state index contributed by atoms with van der Waals surface area (Å²) in [6, 6.07) is 0. The van der Waals surface area contributed by atoms with Crippen LogP contribution in [0.25, 0.3) is 0 Å². The van der Waals surface area contributed by atoms with Gasteiger partial charge >= 0.3 is 18.3 Å². The lowest BCUT2D eigenvalue weighted by molar-refractivity contribution is -0.314. The predicted octanol–water partition coefficient (Wildman–Crippen LogP) is 3.71. The number of hydrogen-bond donors (Lipinski definition) is 0. The molecule has 0 aromatic carbocycles. The van der Waals surface area contributed by atoms with E-state index < -0.39 is 36.3 Å². The van der Waals surface area contributed by atoms with Crippen molar-refractivity contribution in [2.45, 2.75) is 45.6 Å². The second-order valence-corrected chi connectivity index (χ2v) is 4.16. The summed E-state index contributed by atoms with van der Waals surface area (Å²) in [5.41, 5.74) is 0. The molecule has 2 nitrogen and oxygen atoms in total. The zero-order chi connectivity index (χ0) is 14.7. The van der Waals surface area contributed by atoms with Crippen molar-refractivity contribution in [2.75, 3.05) is 0 Å². The molecule has 0 aliphatic heterocycles. The standard InChI is InChI=1S/C10H14F6O2/c1-4-6(5(2)3)7(17)18-8(9(11,12)13)10(14,15)16/h5-6,8H,4H2,1-3H3. The first-order valence-corrected chi connectivity index (χ1v) is 5.25. The van der Waals surface area contributed by atoms with E-state index in [2.05, 4.69) is 4.74 Å². The van der Waals surface area contributed by atoms with E-state index in [0.29, 0.717) is 0 Å². The number of hydrogen-bond acceptors (Lipinski definition) is 2. The second kappa shape index (κ2) is 5.79. The Morgan fingerprint density at radius 1 is 1.06 bits per heavy atom. The summed E-state index contributed by atoms with van der Waals surface area (Å²) in [7, 11) is 0. The van der Waals surface area contributed by atoms with Crippen LogP contribution in [-0.2, 0) is 9.53 Å². The molecule has 0 fully saturated rings. The van der Waals surface area contributed by atoms with Crippen LogP contribution in [0.4, 0.5) is 26.3 Å². The smallest absolute Gasteiger partial charge is 0.434 e. The fraction of sp³-hybridized carbons (Fsp3) is 0.900. The van der Waals surface area contributed by atoms with Gasteiger partial charge in [0.05, 0.1) is 5.92 Å². The highest BCUT2D eigenvalue weighted by Gasteiger charge is 2.60. The van der Waals surface area contributed by atoms with Crippen molar-refractivity contribution < 1.29 is 35.9 Å². The van der Waals surface area contributed by atoms with Gasteiger partial charge in [-0.1, -0.05) is 20.8 Å². The van der Waals surface area contributed by atoms with E-state index in [1.807, 2.05) is 0 Å². The highest BCUT2D eigenvalue weighted by atomic mass is 19.4. The molecular weight excluding hydrogens is 266 g/mol. The summed E-state index contributed by atoms with van der Waals surface area (Å²) < 4.78 is 76.5. The van der Waals surface area contributed by atoms with E-state index >= 15 is 0 Å². The molecule has 0 bridgehead atoms. The minimum absolute atomic E-state index is 0.110. The zero-order valence-electron chi connectivity index (χ0n) is 10.0. The molecule has 0 aliphatic rings. The Kier molecular flexibility index (Phi) is 5.49. The van der Waals surface area contributed by atoms with Crippen LogP contribution in [0.2, 0.25) is 0 Å². The van der Waals surface area contributed by atoms with Gasteiger partial charge in [-0.25, -0.2) is 0 Å². The lowest BCUT2D eigenvalue weighted by Gasteiger charge is -2.26. The molecule has 0 heterocycles. The average molecular weight is 280 g/mol. The number of ether oxygens (including phenoxy) is 1. The van der Waals surface area contributed by atoms with E-state index in [0.717, 1.165) is 0 Å². The van der Waals surface area contributed by atoms with Gasteiger partial charge in [0.2, 0.25) is 0 Å². The molecule has 0 rings (SSSR count). The first kappa shape index (κ1) is 17.1. The molecule has 8 heteroatoms. The molecule has 0 saturated carbocycles. The van der Waals surface area contributed by atoms with Gasteiger partial charge in [0.25, 0.3) is 6.10 Å². The number of esters is 1. The van der Waals surface area contributed by atoms with E-state index in [1.165, 1.54) is 20.8 Å². The number of halogens is 6. The third-order valence-electron chi connectivity index (χ3n) is 2.38. The van der Waals surface area contributed by atoms with Crippen molar-refractivity contribution in [1.82, 2.24) is 0 Å².